The lowest BCUT2D eigenvalue weighted by molar-refractivity contribution is -0.130. The van der Waals surface area contributed by atoms with Gasteiger partial charge >= 0.3 is 12.1 Å². The quantitative estimate of drug-likeness (QED) is 0.570. The zero-order valence-corrected chi connectivity index (χ0v) is 9.35. The lowest BCUT2D eigenvalue weighted by Crippen LogP contribution is -2.35. The van der Waals surface area contributed by atoms with Gasteiger partial charge in [0.25, 0.3) is 0 Å². The molecule has 0 heterocycles. The van der Waals surface area contributed by atoms with Crippen molar-refractivity contribution in [1.82, 2.24) is 5.43 Å². The van der Waals surface area contributed by atoms with Gasteiger partial charge in [0.1, 0.15) is 6.54 Å². The number of hydrogen-bond donors (Lipinski definition) is 2. The Hall–Kier alpha value is -1.27. The smallest absolute Gasteiger partial charge is 0.407 e. The average Bonchev–Trinajstić information content (AvgIpc) is 2.09. The van der Waals surface area contributed by atoms with Gasteiger partial charge in [-0.25, -0.2) is 4.79 Å². The van der Waals surface area contributed by atoms with Crippen LogP contribution >= 0.6 is 0 Å². The van der Waals surface area contributed by atoms with Crippen molar-refractivity contribution in [1.29, 1.82) is 0 Å². The SMILES string of the molecule is CCC(C)(C)C(=NNCC(F)(F)F)C(=O)O. The van der Waals surface area contributed by atoms with Crippen molar-refractivity contribution >= 4 is 11.7 Å². The minimum Gasteiger partial charge on any atom is -0.477 e. The van der Waals surface area contributed by atoms with Crippen molar-refractivity contribution < 1.29 is 23.1 Å². The summed E-state index contributed by atoms with van der Waals surface area (Å²) in [6, 6.07) is 0. The second-order valence-corrected chi connectivity index (χ2v) is 3.95. The van der Waals surface area contributed by atoms with E-state index in [1.807, 2.05) is 0 Å². The fraction of sp³-hybridized carbons (Fsp3) is 0.778. The van der Waals surface area contributed by atoms with Gasteiger partial charge in [-0.2, -0.15) is 18.3 Å². The number of aliphatic carboxylic acids is 1. The molecule has 0 saturated heterocycles. The molecule has 0 aliphatic heterocycles. The summed E-state index contributed by atoms with van der Waals surface area (Å²) in [5.74, 6) is -1.32. The first-order valence-corrected chi connectivity index (χ1v) is 4.71. The zero-order chi connectivity index (χ0) is 13.0. The van der Waals surface area contributed by atoms with Gasteiger partial charge in [-0.3, -0.25) is 0 Å². The monoisotopic (exact) mass is 240 g/mol. The number of nitrogens with one attached hydrogen (secondary N) is 1. The van der Waals surface area contributed by atoms with Gasteiger partial charge in [0.05, 0.1) is 0 Å². The largest absolute Gasteiger partial charge is 0.477 e. The first-order valence-electron chi connectivity index (χ1n) is 4.71. The van der Waals surface area contributed by atoms with Gasteiger partial charge in [-0.05, 0) is 6.42 Å². The molecule has 0 aliphatic rings. The predicted octanol–water partition coefficient (Wildman–Crippen LogP) is 2.02. The Morgan fingerprint density at radius 1 is 1.38 bits per heavy atom. The molecule has 0 aromatic heterocycles. The Morgan fingerprint density at radius 3 is 2.19 bits per heavy atom. The molecule has 0 saturated carbocycles. The number of carbonyl (C=O) groups is 1. The molecule has 0 amide bonds. The highest BCUT2D eigenvalue weighted by Crippen LogP contribution is 2.22. The molecule has 16 heavy (non-hydrogen) atoms. The maximum absolute atomic E-state index is 11.8. The normalized spacial score (nSPS) is 13.8. The van der Waals surface area contributed by atoms with Gasteiger partial charge in [0, 0.05) is 5.41 Å². The fourth-order valence-corrected chi connectivity index (χ4v) is 0.864. The molecule has 0 atom stereocenters. The van der Waals surface area contributed by atoms with E-state index in [0.717, 1.165) is 0 Å². The summed E-state index contributed by atoms with van der Waals surface area (Å²) in [5, 5.41) is 12.1. The summed E-state index contributed by atoms with van der Waals surface area (Å²) < 4.78 is 35.4. The van der Waals surface area contributed by atoms with E-state index >= 15 is 0 Å². The minimum absolute atomic E-state index is 0.306. The standard InChI is InChI=1S/C9H15F3N2O2/c1-4-8(2,3)6(7(15)16)14-13-5-9(10,11)12/h13H,4-5H2,1-3H3,(H,15,16). The molecule has 2 N–H and O–H groups in total. The summed E-state index contributed by atoms with van der Waals surface area (Å²) in [5.41, 5.74) is 0.650. The molecule has 94 valence electrons. The minimum atomic E-state index is -4.41. The highest BCUT2D eigenvalue weighted by molar-refractivity contribution is 6.37. The van der Waals surface area contributed by atoms with Crippen LogP contribution in [0.25, 0.3) is 0 Å². The number of carboxylic acids is 1. The summed E-state index contributed by atoms with van der Waals surface area (Å²) in [4.78, 5) is 10.8. The Balaban J connectivity index is 4.69. The molecular formula is C9H15F3N2O2. The van der Waals surface area contributed by atoms with Crippen molar-refractivity contribution in [2.45, 2.75) is 33.4 Å². The third-order valence-corrected chi connectivity index (χ3v) is 2.20. The average molecular weight is 240 g/mol. The fourth-order valence-electron chi connectivity index (χ4n) is 0.864. The maximum Gasteiger partial charge on any atom is 0.407 e. The van der Waals surface area contributed by atoms with Gasteiger partial charge in [0.2, 0.25) is 0 Å². The lowest BCUT2D eigenvalue weighted by atomic mass is 9.84. The first kappa shape index (κ1) is 14.7. The molecule has 0 fully saturated rings. The molecule has 0 rings (SSSR count). The number of hydrazone groups is 1. The van der Waals surface area contributed by atoms with Crippen molar-refractivity contribution in [2.24, 2.45) is 10.5 Å². The number of rotatable bonds is 5. The van der Waals surface area contributed by atoms with E-state index in [-0.39, 0.29) is 5.71 Å². The topological polar surface area (TPSA) is 61.7 Å². The Morgan fingerprint density at radius 2 is 1.88 bits per heavy atom. The third-order valence-electron chi connectivity index (χ3n) is 2.20. The Kier molecular flexibility index (Phi) is 4.77. The molecule has 0 spiro atoms. The highest BCUT2D eigenvalue weighted by Gasteiger charge is 2.30. The van der Waals surface area contributed by atoms with Gasteiger partial charge in [-0.15, -0.1) is 0 Å². The van der Waals surface area contributed by atoms with Gasteiger partial charge < -0.3 is 10.5 Å². The zero-order valence-electron chi connectivity index (χ0n) is 9.35. The third kappa shape index (κ3) is 4.99. The van der Waals surface area contributed by atoms with Crippen LogP contribution in [0.3, 0.4) is 0 Å². The van der Waals surface area contributed by atoms with Crippen LogP contribution in [0.1, 0.15) is 27.2 Å². The number of hydrogen-bond acceptors (Lipinski definition) is 3. The van der Waals surface area contributed by atoms with E-state index in [0.29, 0.717) is 6.42 Å². The molecule has 0 aromatic carbocycles. The molecule has 0 aromatic rings. The van der Waals surface area contributed by atoms with E-state index in [2.05, 4.69) is 5.10 Å². The van der Waals surface area contributed by atoms with Gasteiger partial charge in [-0.1, -0.05) is 20.8 Å². The van der Waals surface area contributed by atoms with Crippen LogP contribution < -0.4 is 5.43 Å². The van der Waals surface area contributed by atoms with Gasteiger partial charge in [0.15, 0.2) is 5.71 Å². The maximum atomic E-state index is 11.8. The summed E-state index contributed by atoms with van der Waals surface area (Å²) >= 11 is 0. The molecule has 0 aliphatic carbocycles. The van der Waals surface area contributed by atoms with Crippen molar-refractivity contribution in [3.8, 4) is 0 Å². The van der Waals surface area contributed by atoms with E-state index < -0.39 is 24.1 Å². The summed E-state index contributed by atoms with van der Waals surface area (Å²) in [6.07, 6.45) is -3.95. The number of carboxylic acid groups (broad SMARTS) is 1. The van der Waals surface area contributed by atoms with Crippen molar-refractivity contribution in [3.63, 3.8) is 0 Å². The Bertz CT molecular complexity index is 285. The molecule has 7 heteroatoms. The predicted molar refractivity (Wildman–Crippen MR) is 53.2 cm³/mol. The highest BCUT2D eigenvalue weighted by atomic mass is 19.4. The van der Waals surface area contributed by atoms with Crippen molar-refractivity contribution in [3.05, 3.63) is 0 Å². The lowest BCUT2D eigenvalue weighted by Gasteiger charge is -2.21. The molecule has 0 radical (unpaired) electrons. The second kappa shape index (κ2) is 5.18. The van der Waals surface area contributed by atoms with E-state index in [9.17, 15) is 18.0 Å². The molecule has 4 nitrogen and oxygen atoms in total. The Labute approximate surface area is 91.5 Å². The molecule has 0 bridgehead atoms. The van der Waals surface area contributed by atoms with Crippen LogP contribution in [0, 0.1) is 5.41 Å². The second-order valence-electron chi connectivity index (χ2n) is 3.95. The molecule has 0 unspecified atom stereocenters. The van der Waals surface area contributed by atoms with E-state index in [1.165, 1.54) is 0 Å². The summed E-state index contributed by atoms with van der Waals surface area (Å²) in [6.45, 7) is 3.61. The van der Waals surface area contributed by atoms with Crippen molar-refractivity contribution in [2.75, 3.05) is 6.54 Å². The first-order chi connectivity index (χ1) is 7.10. The van der Waals surface area contributed by atoms with Crippen LogP contribution in [-0.4, -0.2) is 29.5 Å². The number of alkyl halides is 3. The number of nitrogens with zero attached hydrogens (tertiary/aromatic N) is 1. The van der Waals surface area contributed by atoms with E-state index in [1.54, 1.807) is 26.2 Å². The van der Waals surface area contributed by atoms with Crippen LogP contribution in [0.5, 0.6) is 0 Å². The van der Waals surface area contributed by atoms with E-state index in [4.69, 9.17) is 5.11 Å². The van der Waals surface area contributed by atoms with Crippen LogP contribution in [0.15, 0.2) is 5.10 Å². The van der Waals surface area contributed by atoms with Crippen LogP contribution in [0.2, 0.25) is 0 Å². The summed E-state index contributed by atoms with van der Waals surface area (Å²) in [7, 11) is 0. The molecular weight excluding hydrogens is 225 g/mol. The number of halogens is 3. The van der Waals surface area contributed by atoms with Crippen LogP contribution in [-0.2, 0) is 4.79 Å². The van der Waals surface area contributed by atoms with Crippen LogP contribution in [0.4, 0.5) is 13.2 Å².